The van der Waals surface area contributed by atoms with Crippen LogP contribution in [-0.4, -0.2) is 40.3 Å². The number of carboxylic acids is 1. The molecule has 3 rings (SSSR count). The van der Waals surface area contributed by atoms with Gasteiger partial charge in [0.15, 0.2) is 0 Å². The zero-order valence-electron chi connectivity index (χ0n) is 14.2. The second-order valence-corrected chi connectivity index (χ2v) is 7.92. The molecule has 1 fully saturated rings. The number of halogens is 2. The molecular formula is C19H17Cl2NO4S. The molecule has 0 aromatic heterocycles. The largest absolute Gasteiger partial charge is 0.480 e. The molecule has 1 amide bonds. The third-order valence-electron chi connectivity index (χ3n) is 4.14. The molecule has 8 heteroatoms. The van der Waals surface area contributed by atoms with Gasteiger partial charge < -0.3 is 14.7 Å². The van der Waals surface area contributed by atoms with Crippen molar-refractivity contribution in [3.8, 4) is 0 Å². The van der Waals surface area contributed by atoms with Crippen LogP contribution in [0.15, 0.2) is 48.5 Å². The fourth-order valence-electron chi connectivity index (χ4n) is 2.83. The molecule has 1 N–H and O–H groups in total. The van der Waals surface area contributed by atoms with Gasteiger partial charge in [-0.2, -0.15) is 0 Å². The Labute approximate surface area is 171 Å². The van der Waals surface area contributed by atoms with Gasteiger partial charge in [0.2, 0.25) is 0 Å². The third-order valence-corrected chi connectivity index (χ3v) is 6.20. The smallest absolute Gasteiger partial charge is 0.327 e. The highest BCUT2D eigenvalue weighted by Gasteiger charge is 2.42. The molecule has 0 saturated carbocycles. The van der Waals surface area contributed by atoms with Crippen LogP contribution in [0.25, 0.3) is 0 Å². The van der Waals surface area contributed by atoms with E-state index in [9.17, 15) is 14.7 Å². The molecule has 0 aliphatic carbocycles. The van der Waals surface area contributed by atoms with Crippen LogP contribution in [0.5, 0.6) is 0 Å². The number of thioether (sulfide) groups is 1. The number of nitrogens with zero attached hydrogens (tertiary/aromatic N) is 1. The Kier molecular flexibility index (Phi) is 6.65. The molecule has 27 heavy (non-hydrogen) atoms. The van der Waals surface area contributed by atoms with Gasteiger partial charge in [-0.05, 0) is 23.3 Å². The molecule has 1 aliphatic heterocycles. The van der Waals surface area contributed by atoms with E-state index in [0.29, 0.717) is 15.8 Å². The number of aliphatic carboxylic acids is 1. The van der Waals surface area contributed by atoms with E-state index in [4.69, 9.17) is 27.9 Å². The predicted octanol–water partition coefficient (Wildman–Crippen LogP) is 4.24. The van der Waals surface area contributed by atoms with Crippen LogP contribution < -0.4 is 0 Å². The van der Waals surface area contributed by atoms with E-state index >= 15 is 0 Å². The summed E-state index contributed by atoms with van der Waals surface area (Å²) >= 11 is 13.4. The Morgan fingerprint density at radius 2 is 1.89 bits per heavy atom. The maximum absolute atomic E-state index is 12.8. The minimum Gasteiger partial charge on any atom is -0.480 e. The number of rotatable bonds is 6. The molecule has 2 aromatic carbocycles. The molecule has 0 radical (unpaired) electrons. The Balaban J connectivity index is 1.73. The minimum absolute atomic E-state index is 0.197. The average Bonchev–Trinajstić information content (AvgIpc) is 3.10. The van der Waals surface area contributed by atoms with Gasteiger partial charge in [-0.1, -0.05) is 59.6 Å². The lowest BCUT2D eigenvalue weighted by molar-refractivity contribution is -0.151. The topological polar surface area (TPSA) is 66.8 Å². The van der Waals surface area contributed by atoms with Gasteiger partial charge in [0.05, 0.1) is 16.7 Å². The summed E-state index contributed by atoms with van der Waals surface area (Å²) in [4.78, 5) is 25.7. The van der Waals surface area contributed by atoms with Crippen molar-refractivity contribution < 1.29 is 19.4 Å². The van der Waals surface area contributed by atoms with Crippen molar-refractivity contribution in [3.05, 3.63) is 69.7 Å². The van der Waals surface area contributed by atoms with Gasteiger partial charge in [0, 0.05) is 5.75 Å². The van der Waals surface area contributed by atoms with Crippen molar-refractivity contribution in [3.63, 3.8) is 0 Å². The number of hydrogen-bond donors (Lipinski definition) is 1. The van der Waals surface area contributed by atoms with Gasteiger partial charge in [-0.25, -0.2) is 4.79 Å². The fraction of sp³-hybridized carbons (Fsp3) is 0.263. The summed E-state index contributed by atoms with van der Waals surface area (Å²) in [6, 6.07) is 13.6. The minimum atomic E-state index is -1.04. The lowest BCUT2D eigenvalue weighted by atomic mass is 10.1. The molecule has 1 saturated heterocycles. The lowest BCUT2D eigenvalue weighted by Gasteiger charge is -2.27. The quantitative estimate of drug-likeness (QED) is 0.749. The van der Waals surface area contributed by atoms with E-state index in [2.05, 4.69) is 0 Å². The highest BCUT2D eigenvalue weighted by Crippen LogP contribution is 2.42. The monoisotopic (exact) mass is 425 g/mol. The van der Waals surface area contributed by atoms with Crippen molar-refractivity contribution in [1.82, 2.24) is 4.90 Å². The number of ether oxygens (including phenoxy) is 1. The molecule has 2 aromatic rings. The second kappa shape index (κ2) is 8.97. The van der Waals surface area contributed by atoms with Gasteiger partial charge in [-0.15, -0.1) is 11.8 Å². The normalized spacial score (nSPS) is 19.3. The standard InChI is InChI=1S/C19H17Cl2NO4S/c20-14-7-6-13(8-15(14)21)18-22(16(11-27-18)19(24)25)17(23)10-26-9-12-4-2-1-3-5-12/h1-8,16,18H,9-11H2,(H,24,25). The average molecular weight is 426 g/mol. The highest BCUT2D eigenvalue weighted by atomic mass is 35.5. The van der Waals surface area contributed by atoms with Crippen LogP contribution in [0, 0.1) is 0 Å². The summed E-state index contributed by atoms with van der Waals surface area (Å²) in [7, 11) is 0. The first-order valence-electron chi connectivity index (χ1n) is 8.19. The number of hydrogen-bond acceptors (Lipinski definition) is 4. The van der Waals surface area contributed by atoms with E-state index in [1.54, 1.807) is 18.2 Å². The number of amides is 1. The SMILES string of the molecule is O=C(O)C1CSC(c2ccc(Cl)c(Cl)c2)N1C(=O)COCc1ccccc1. The maximum Gasteiger partial charge on any atom is 0.327 e. The van der Waals surface area contributed by atoms with Crippen molar-refractivity contribution >= 4 is 46.8 Å². The van der Waals surface area contributed by atoms with Gasteiger partial charge in [-0.3, -0.25) is 4.79 Å². The fourth-order valence-corrected chi connectivity index (χ4v) is 4.57. The first-order chi connectivity index (χ1) is 13.0. The van der Waals surface area contributed by atoms with Crippen molar-refractivity contribution in [2.75, 3.05) is 12.4 Å². The molecule has 0 spiro atoms. The summed E-state index contributed by atoms with van der Waals surface area (Å²) in [6.07, 6.45) is 0. The van der Waals surface area contributed by atoms with Crippen LogP contribution in [0.2, 0.25) is 10.0 Å². The molecule has 2 atom stereocenters. The Hall–Kier alpha value is -1.73. The summed E-state index contributed by atoms with van der Waals surface area (Å²) in [5.41, 5.74) is 1.67. The number of carboxylic acid groups (broad SMARTS) is 1. The van der Waals surface area contributed by atoms with E-state index < -0.39 is 17.4 Å². The van der Waals surface area contributed by atoms with E-state index in [0.717, 1.165) is 11.1 Å². The molecule has 2 unspecified atom stereocenters. The molecule has 1 heterocycles. The van der Waals surface area contributed by atoms with Crippen LogP contribution >= 0.6 is 35.0 Å². The molecule has 0 bridgehead atoms. The predicted molar refractivity (Wildman–Crippen MR) is 106 cm³/mol. The van der Waals surface area contributed by atoms with E-state index in [1.807, 2.05) is 30.3 Å². The maximum atomic E-state index is 12.8. The van der Waals surface area contributed by atoms with Gasteiger partial charge in [0.1, 0.15) is 18.0 Å². The first-order valence-corrected chi connectivity index (χ1v) is 10.00. The van der Waals surface area contributed by atoms with Gasteiger partial charge >= 0.3 is 5.97 Å². The molecule has 1 aliphatic rings. The zero-order chi connectivity index (χ0) is 19.4. The summed E-state index contributed by atoms with van der Waals surface area (Å²) in [5, 5.41) is 9.82. The van der Waals surface area contributed by atoms with Crippen LogP contribution in [-0.2, 0) is 20.9 Å². The van der Waals surface area contributed by atoms with Gasteiger partial charge in [0.25, 0.3) is 5.91 Å². The number of benzene rings is 2. The lowest BCUT2D eigenvalue weighted by Crippen LogP contribution is -2.44. The highest BCUT2D eigenvalue weighted by molar-refractivity contribution is 7.99. The number of carbonyl (C=O) groups excluding carboxylic acids is 1. The Morgan fingerprint density at radius 3 is 2.56 bits per heavy atom. The van der Waals surface area contributed by atoms with Crippen LogP contribution in [0.1, 0.15) is 16.5 Å². The van der Waals surface area contributed by atoms with Crippen molar-refractivity contribution in [2.45, 2.75) is 18.0 Å². The third kappa shape index (κ3) is 4.76. The molecule has 5 nitrogen and oxygen atoms in total. The van der Waals surface area contributed by atoms with Crippen LogP contribution in [0.3, 0.4) is 0 Å². The van der Waals surface area contributed by atoms with Crippen molar-refractivity contribution in [1.29, 1.82) is 0 Å². The van der Waals surface area contributed by atoms with Crippen LogP contribution in [0.4, 0.5) is 0 Å². The zero-order valence-corrected chi connectivity index (χ0v) is 16.5. The molecule has 142 valence electrons. The van der Waals surface area contributed by atoms with Crippen molar-refractivity contribution in [2.24, 2.45) is 0 Å². The molecular weight excluding hydrogens is 409 g/mol. The summed E-state index contributed by atoms with van der Waals surface area (Å²) in [5.74, 6) is -1.12. The Bertz CT molecular complexity index is 834. The Morgan fingerprint density at radius 1 is 1.15 bits per heavy atom. The summed E-state index contributed by atoms with van der Waals surface area (Å²) < 4.78 is 5.51. The summed E-state index contributed by atoms with van der Waals surface area (Å²) in [6.45, 7) is 0.0831. The first kappa shape index (κ1) is 20.0. The van der Waals surface area contributed by atoms with E-state index in [-0.39, 0.29) is 19.1 Å². The number of carbonyl (C=O) groups is 2. The second-order valence-electron chi connectivity index (χ2n) is 5.99. The van der Waals surface area contributed by atoms with E-state index in [1.165, 1.54) is 16.7 Å².